The summed E-state index contributed by atoms with van der Waals surface area (Å²) in [4.78, 5) is 12.7. The molecule has 0 bridgehead atoms. The summed E-state index contributed by atoms with van der Waals surface area (Å²) in [6.07, 6.45) is -5.46. The summed E-state index contributed by atoms with van der Waals surface area (Å²) >= 11 is 7.82. The number of aromatic nitrogens is 1. The maximum Gasteiger partial charge on any atom is 0.337 e. The highest BCUT2D eigenvalue weighted by atomic mass is 35.5. The number of hydrogen-bond donors (Lipinski definition) is 0. The van der Waals surface area contributed by atoms with E-state index in [9.17, 15) is 26.7 Å². The molecule has 0 aliphatic heterocycles. The van der Waals surface area contributed by atoms with Crippen LogP contribution in [0.4, 0.5) is 22.0 Å². The van der Waals surface area contributed by atoms with Crippen LogP contribution in [-0.4, -0.2) is 17.1 Å². The number of fused-ring (bicyclic) bond motifs is 1. The Labute approximate surface area is 276 Å². The van der Waals surface area contributed by atoms with E-state index in [-0.39, 0.29) is 22.3 Å². The molecule has 1 aromatic heterocycles. The molecule has 3 nitrogen and oxygen atoms in total. The van der Waals surface area contributed by atoms with Gasteiger partial charge in [-0.1, -0.05) is 66.2 Å². The first-order valence-corrected chi connectivity index (χ1v) is 15.5. The van der Waals surface area contributed by atoms with Crippen LogP contribution in [0.25, 0.3) is 44.4 Å². The van der Waals surface area contributed by atoms with Crippen molar-refractivity contribution in [3.05, 3.63) is 136 Å². The Morgan fingerprint density at radius 3 is 2.21 bits per heavy atom. The molecule has 0 spiro atoms. The zero-order chi connectivity index (χ0) is 33.4. The Balaban J connectivity index is 1.65. The van der Waals surface area contributed by atoms with Gasteiger partial charge in [-0.3, -0.25) is 3.97 Å². The predicted octanol–water partition coefficient (Wildman–Crippen LogP) is 12.0. The van der Waals surface area contributed by atoms with Gasteiger partial charge in [-0.15, -0.1) is 0 Å². The van der Waals surface area contributed by atoms with Crippen molar-refractivity contribution in [2.45, 2.75) is 24.7 Å². The third kappa shape index (κ3) is 6.25. The molecule has 6 aromatic rings. The lowest BCUT2D eigenvalue weighted by molar-refractivity contribution is 0.0600. The van der Waals surface area contributed by atoms with Gasteiger partial charge in [0, 0.05) is 43.1 Å². The zero-order valence-electron chi connectivity index (χ0n) is 24.9. The zero-order valence-corrected chi connectivity index (χ0v) is 26.5. The van der Waals surface area contributed by atoms with Gasteiger partial charge in [0.2, 0.25) is 0 Å². The summed E-state index contributed by atoms with van der Waals surface area (Å²) in [5, 5.41) is 0.694. The molecule has 0 amide bonds. The lowest BCUT2D eigenvalue weighted by atomic mass is 9.90. The van der Waals surface area contributed by atoms with E-state index < -0.39 is 24.6 Å². The maximum atomic E-state index is 14.9. The molecular weight excluding hydrogens is 653 g/mol. The third-order valence-electron chi connectivity index (χ3n) is 7.84. The van der Waals surface area contributed by atoms with E-state index in [0.29, 0.717) is 54.3 Å². The van der Waals surface area contributed by atoms with E-state index in [1.54, 1.807) is 55.5 Å². The van der Waals surface area contributed by atoms with Crippen molar-refractivity contribution in [2.75, 3.05) is 7.11 Å². The lowest BCUT2D eigenvalue weighted by Gasteiger charge is -2.17. The SMILES string of the molecule is COC(=O)c1ccc(-c2cccc(-c3c(-c4c(C)cccc4C(F)F)c4cc(F)ccc4n3Sc3ccc(C(F)F)cc3)c2)c(Cl)c1. The van der Waals surface area contributed by atoms with E-state index in [4.69, 9.17) is 16.3 Å². The minimum atomic E-state index is -2.82. The minimum absolute atomic E-state index is 0.140. The van der Waals surface area contributed by atoms with Crippen LogP contribution in [0.5, 0.6) is 0 Å². The van der Waals surface area contributed by atoms with E-state index >= 15 is 0 Å². The molecular formula is C37H25ClF5NO2S. The molecule has 0 fully saturated rings. The van der Waals surface area contributed by atoms with Gasteiger partial charge in [0.25, 0.3) is 12.9 Å². The second-order valence-corrected chi connectivity index (χ2v) is 12.2. The predicted molar refractivity (Wildman–Crippen MR) is 177 cm³/mol. The van der Waals surface area contributed by atoms with Crippen LogP contribution in [0, 0.1) is 12.7 Å². The molecule has 0 aliphatic carbocycles. The number of halogens is 6. The first-order valence-electron chi connectivity index (χ1n) is 14.3. The standard InChI is InChI=1S/C37H25ClF5NO2S/c1-20-5-3-8-28(36(42)43)32(20)33-29-19-25(39)12-16-31(29)44(47-26-13-9-21(10-14-26)35(40)41)34(33)23-7-4-6-22(17-23)27-15-11-24(18-30(27)38)37(45)46-2/h3-19,35-36H,1-2H3. The van der Waals surface area contributed by atoms with E-state index in [1.807, 2.05) is 22.2 Å². The van der Waals surface area contributed by atoms with Crippen LogP contribution in [0.2, 0.25) is 5.02 Å². The number of carbonyl (C=O) groups excluding carboxylic acids is 1. The van der Waals surface area contributed by atoms with Crippen molar-refractivity contribution in [1.29, 1.82) is 0 Å². The van der Waals surface area contributed by atoms with Crippen LogP contribution in [0.3, 0.4) is 0 Å². The van der Waals surface area contributed by atoms with Crippen molar-refractivity contribution < 1.29 is 31.5 Å². The van der Waals surface area contributed by atoms with Crippen LogP contribution in [0.1, 0.15) is 39.9 Å². The molecule has 238 valence electrons. The van der Waals surface area contributed by atoms with Gasteiger partial charge in [0.15, 0.2) is 0 Å². The maximum absolute atomic E-state index is 14.9. The number of aryl methyl sites for hydroxylation is 1. The highest BCUT2D eigenvalue weighted by Gasteiger charge is 2.27. The second kappa shape index (κ2) is 13.3. The Bertz CT molecular complexity index is 2130. The third-order valence-corrected chi connectivity index (χ3v) is 9.20. The van der Waals surface area contributed by atoms with Gasteiger partial charge in [-0.05, 0) is 84.1 Å². The van der Waals surface area contributed by atoms with Gasteiger partial charge < -0.3 is 4.74 Å². The number of hydrogen-bond acceptors (Lipinski definition) is 3. The molecule has 0 radical (unpaired) electrons. The second-order valence-electron chi connectivity index (χ2n) is 10.7. The number of nitrogens with zero attached hydrogens (tertiary/aromatic N) is 1. The molecule has 0 unspecified atom stereocenters. The van der Waals surface area contributed by atoms with Crippen LogP contribution < -0.4 is 0 Å². The summed E-state index contributed by atoms with van der Waals surface area (Å²) in [6, 6.07) is 26.6. The summed E-state index contributed by atoms with van der Waals surface area (Å²) in [6.45, 7) is 1.72. The first kappa shape index (κ1) is 32.3. The van der Waals surface area contributed by atoms with E-state index in [0.717, 1.165) is 0 Å². The van der Waals surface area contributed by atoms with Gasteiger partial charge in [-0.2, -0.15) is 0 Å². The molecule has 47 heavy (non-hydrogen) atoms. The molecule has 0 aliphatic rings. The number of ether oxygens (including phenoxy) is 1. The Kier molecular flexibility index (Phi) is 9.12. The van der Waals surface area contributed by atoms with Crippen molar-refractivity contribution in [3.8, 4) is 33.5 Å². The quantitative estimate of drug-likeness (QED) is 0.119. The highest BCUT2D eigenvalue weighted by Crippen LogP contribution is 2.48. The van der Waals surface area contributed by atoms with Gasteiger partial charge in [-0.25, -0.2) is 26.7 Å². The number of benzene rings is 5. The van der Waals surface area contributed by atoms with Crippen molar-refractivity contribution >= 4 is 40.4 Å². The molecule has 10 heteroatoms. The molecule has 0 atom stereocenters. The van der Waals surface area contributed by atoms with Crippen LogP contribution >= 0.6 is 23.5 Å². The number of methoxy groups -OCH3 is 1. The number of esters is 1. The molecule has 6 rings (SSSR count). The lowest BCUT2D eigenvalue weighted by Crippen LogP contribution is -2.01. The average molecular weight is 678 g/mol. The Hall–Kier alpha value is -4.60. The smallest absolute Gasteiger partial charge is 0.337 e. The summed E-state index contributed by atoms with van der Waals surface area (Å²) < 4.78 is 77.5. The van der Waals surface area contributed by atoms with E-state index in [2.05, 4.69) is 0 Å². The Morgan fingerprint density at radius 2 is 1.53 bits per heavy atom. The number of carbonyl (C=O) groups is 1. The summed E-state index contributed by atoms with van der Waals surface area (Å²) in [7, 11) is 1.27. The number of rotatable bonds is 8. The molecule has 1 heterocycles. The molecule has 5 aromatic carbocycles. The normalized spacial score (nSPS) is 11.5. The summed E-state index contributed by atoms with van der Waals surface area (Å²) in [5.41, 5.74) is 4.06. The van der Waals surface area contributed by atoms with E-state index in [1.165, 1.54) is 55.5 Å². The van der Waals surface area contributed by atoms with Crippen molar-refractivity contribution in [2.24, 2.45) is 0 Å². The summed E-state index contributed by atoms with van der Waals surface area (Å²) in [5.74, 6) is -1.09. The first-order chi connectivity index (χ1) is 22.6. The number of alkyl halides is 4. The van der Waals surface area contributed by atoms with Crippen molar-refractivity contribution in [1.82, 2.24) is 3.97 Å². The minimum Gasteiger partial charge on any atom is -0.465 e. The van der Waals surface area contributed by atoms with Gasteiger partial charge >= 0.3 is 5.97 Å². The molecule has 0 saturated carbocycles. The average Bonchev–Trinajstić information content (AvgIpc) is 3.36. The fourth-order valence-corrected chi connectivity index (χ4v) is 6.97. The van der Waals surface area contributed by atoms with Crippen molar-refractivity contribution in [3.63, 3.8) is 0 Å². The van der Waals surface area contributed by atoms with Crippen LogP contribution in [0.15, 0.2) is 108 Å². The van der Waals surface area contributed by atoms with Gasteiger partial charge in [0.1, 0.15) is 5.82 Å². The highest BCUT2D eigenvalue weighted by molar-refractivity contribution is 7.98. The Morgan fingerprint density at radius 1 is 0.809 bits per heavy atom. The topological polar surface area (TPSA) is 31.2 Å². The molecule has 0 saturated heterocycles. The monoisotopic (exact) mass is 677 g/mol. The van der Waals surface area contributed by atoms with Crippen LogP contribution in [-0.2, 0) is 4.74 Å². The molecule has 0 N–H and O–H groups in total. The fraction of sp³-hybridized carbons (Fsp3) is 0.108. The largest absolute Gasteiger partial charge is 0.465 e. The van der Waals surface area contributed by atoms with Gasteiger partial charge in [0.05, 0.1) is 23.9 Å². The fourth-order valence-electron chi connectivity index (χ4n) is 5.67.